The molecule has 0 aliphatic heterocycles. The van der Waals surface area contributed by atoms with Gasteiger partial charge in [0.15, 0.2) is 0 Å². The van der Waals surface area contributed by atoms with Gasteiger partial charge in [-0.2, -0.15) is 0 Å². The predicted octanol–water partition coefficient (Wildman–Crippen LogP) is 10.3. The molecule has 2 aliphatic carbocycles. The van der Waals surface area contributed by atoms with Crippen LogP contribution >= 0.6 is 0 Å². The van der Waals surface area contributed by atoms with Crippen LogP contribution in [0.2, 0.25) is 0 Å². The Balaban J connectivity index is 1.61. The lowest BCUT2D eigenvalue weighted by Crippen LogP contribution is -2.00. The zero-order valence-electron chi connectivity index (χ0n) is 22.0. The third-order valence-electron chi connectivity index (χ3n) is 8.24. The quantitative estimate of drug-likeness (QED) is 0.224. The third kappa shape index (κ3) is 3.40. The first-order valence-electron chi connectivity index (χ1n) is 13.9. The zero-order chi connectivity index (χ0) is 26.5. The number of rotatable bonds is 3. The molecule has 0 spiro atoms. The highest BCUT2D eigenvalue weighted by molar-refractivity contribution is 6.29. The maximum absolute atomic E-state index is 2.29. The van der Waals surface area contributed by atoms with E-state index in [1.54, 1.807) is 0 Å². The Hall–Kier alpha value is -5.20. The van der Waals surface area contributed by atoms with E-state index >= 15 is 0 Å². The maximum atomic E-state index is 2.29. The van der Waals surface area contributed by atoms with Crippen LogP contribution in [0.4, 0.5) is 0 Å². The lowest BCUT2D eigenvalue weighted by Gasteiger charge is -2.22. The fraction of sp³-hybridized carbons (Fsp3) is 0. The summed E-state index contributed by atoms with van der Waals surface area (Å²) in [5.41, 5.74) is 17.9. The molecule has 8 rings (SSSR count). The molecule has 0 heteroatoms. The van der Waals surface area contributed by atoms with Crippen LogP contribution in [-0.2, 0) is 0 Å². The maximum Gasteiger partial charge on any atom is -0.00139 e. The molecule has 0 fully saturated rings. The van der Waals surface area contributed by atoms with Crippen LogP contribution in [0.5, 0.6) is 0 Å². The van der Waals surface area contributed by atoms with Crippen LogP contribution in [-0.4, -0.2) is 0 Å². The van der Waals surface area contributed by atoms with E-state index in [2.05, 4.69) is 158 Å². The van der Waals surface area contributed by atoms with E-state index in [1.165, 1.54) is 77.9 Å². The summed E-state index contributed by atoms with van der Waals surface area (Å²) in [6.07, 6.45) is 0. The SMILES string of the molecule is c1ccc(C(C(=C2c3ccccc3-c3ccccc32)c2ccccc2)=C2c3ccccc3-c3ccccc32)cc1. The molecule has 0 unspecified atom stereocenters. The van der Waals surface area contributed by atoms with Crippen molar-refractivity contribution >= 4 is 22.3 Å². The molecule has 6 aromatic carbocycles. The largest absolute Gasteiger partial charge is 0.0622 e. The van der Waals surface area contributed by atoms with Gasteiger partial charge in [-0.1, -0.05) is 158 Å². The topological polar surface area (TPSA) is 0 Å². The van der Waals surface area contributed by atoms with Gasteiger partial charge in [0.1, 0.15) is 0 Å². The second-order valence-corrected chi connectivity index (χ2v) is 10.4. The summed E-state index contributed by atoms with van der Waals surface area (Å²) in [6, 6.07) is 57.4. The van der Waals surface area contributed by atoms with Crippen molar-refractivity contribution < 1.29 is 0 Å². The summed E-state index contributed by atoms with van der Waals surface area (Å²) >= 11 is 0. The zero-order valence-corrected chi connectivity index (χ0v) is 22.0. The average Bonchev–Trinajstić information content (AvgIpc) is 3.54. The molecule has 0 bridgehead atoms. The molecule has 6 aromatic rings. The van der Waals surface area contributed by atoms with Crippen molar-refractivity contribution in [2.45, 2.75) is 0 Å². The van der Waals surface area contributed by atoms with Gasteiger partial charge in [0, 0.05) is 0 Å². The Bertz CT molecular complexity index is 1730. The van der Waals surface area contributed by atoms with Gasteiger partial charge in [0.25, 0.3) is 0 Å². The molecule has 2 aliphatic rings. The summed E-state index contributed by atoms with van der Waals surface area (Å²) in [6.45, 7) is 0. The molecule has 0 amide bonds. The highest BCUT2D eigenvalue weighted by Crippen LogP contribution is 2.55. The van der Waals surface area contributed by atoms with Crippen LogP contribution in [0.15, 0.2) is 158 Å². The van der Waals surface area contributed by atoms with Crippen molar-refractivity contribution in [2.75, 3.05) is 0 Å². The Morgan fingerprint density at radius 1 is 0.225 bits per heavy atom. The van der Waals surface area contributed by atoms with Gasteiger partial charge < -0.3 is 0 Å². The fourth-order valence-corrected chi connectivity index (χ4v) is 6.61. The van der Waals surface area contributed by atoms with Gasteiger partial charge in [0.2, 0.25) is 0 Å². The molecule has 0 saturated heterocycles. The highest BCUT2D eigenvalue weighted by Gasteiger charge is 2.32. The molecular weight excluding hydrogens is 480 g/mol. The lowest BCUT2D eigenvalue weighted by atomic mass is 9.81. The number of hydrogen-bond donors (Lipinski definition) is 0. The summed E-state index contributed by atoms with van der Waals surface area (Å²) in [5, 5.41) is 0. The Morgan fingerprint density at radius 2 is 0.450 bits per heavy atom. The third-order valence-corrected chi connectivity index (χ3v) is 8.24. The van der Waals surface area contributed by atoms with Gasteiger partial charge in [0.05, 0.1) is 0 Å². The van der Waals surface area contributed by atoms with E-state index in [0.717, 1.165) is 0 Å². The number of fused-ring (bicyclic) bond motifs is 6. The van der Waals surface area contributed by atoms with E-state index in [4.69, 9.17) is 0 Å². The van der Waals surface area contributed by atoms with Gasteiger partial charge in [-0.15, -0.1) is 0 Å². The minimum absolute atomic E-state index is 1.22. The summed E-state index contributed by atoms with van der Waals surface area (Å²) in [7, 11) is 0. The minimum Gasteiger partial charge on any atom is -0.0622 e. The number of allylic oxidation sites excluding steroid dienone is 2. The normalized spacial score (nSPS) is 12.4. The first kappa shape index (κ1) is 22.8. The van der Waals surface area contributed by atoms with E-state index in [-0.39, 0.29) is 0 Å². The lowest BCUT2D eigenvalue weighted by molar-refractivity contribution is 1.56. The summed E-state index contributed by atoms with van der Waals surface area (Å²) < 4.78 is 0. The molecule has 0 radical (unpaired) electrons. The van der Waals surface area contributed by atoms with Gasteiger partial charge in [-0.25, -0.2) is 0 Å². The predicted molar refractivity (Wildman–Crippen MR) is 168 cm³/mol. The highest BCUT2D eigenvalue weighted by atomic mass is 14.3. The van der Waals surface area contributed by atoms with Crippen LogP contribution in [0, 0.1) is 0 Å². The number of hydrogen-bond acceptors (Lipinski definition) is 0. The van der Waals surface area contributed by atoms with Crippen LogP contribution in [0.3, 0.4) is 0 Å². The van der Waals surface area contributed by atoms with Crippen molar-refractivity contribution in [3.63, 3.8) is 0 Å². The van der Waals surface area contributed by atoms with E-state index in [0.29, 0.717) is 0 Å². The molecule has 0 aromatic heterocycles. The first-order chi connectivity index (χ1) is 19.9. The summed E-state index contributed by atoms with van der Waals surface area (Å²) in [4.78, 5) is 0. The van der Waals surface area contributed by atoms with Gasteiger partial charge >= 0.3 is 0 Å². The van der Waals surface area contributed by atoms with Gasteiger partial charge in [-0.05, 0) is 77.9 Å². The first-order valence-corrected chi connectivity index (χ1v) is 13.9. The standard InChI is InChI=1S/C40H26/c1-3-15-27(16-4-1)37(39-33-23-11-7-19-29(33)30-20-8-12-24-34(30)39)38(28-17-5-2-6-18-28)40-35-25-13-9-21-31(35)32-22-10-14-26-36(32)40/h1-26H. The van der Waals surface area contributed by atoms with Crippen LogP contribution in [0.1, 0.15) is 33.4 Å². The molecule has 0 atom stereocenters. The number of benzene rings is 6. The Morgan fingerprint density at radius 3 is 0.725 bits per heavy atom. The van der Waals surface area contributed by atoms with Crippen molar-refractivity contribution in [2.24, 2.45) is 0 Å². The average molecular weight is 507 g/mol. The van der Waals surface area contributed by atoms with E-state index in [9.17, 15) is 0 Å². The molecule has 0 N–H and O–H groups in total. The molecule has 40 heavy (non-hydrogen) atoms. The smallest absolute Gasteiger partial charge is 0.00139 e. The minimum atomic E-state index is 1.22. The van der Waals surface area contributed by atoms with Crippen LogP contribution < -0.4 is 0 Å². The fourth-order valence-electron chi connectivity index (χ4n) is 6.61. The Kier molecular flexibility index (Phi) is 5.24. The molecule has 0 heterocycles. The molecule has 0 nitrogen and oxygen atoms in total. The van der Waals surface area contributed by atoms with E-state index < -0.39 is 0 Å². The van der Waals surface area contributed by atoms with E-state index in [1.807, 2.05) is 0 Å². The van der Waals surface area contributed by atoms with Crippen molar-refractivity contribution in [1.82, 2.24) is 0 Å². The monoisotopic (exact) mass is 506 g/mol. The van der Waals surface area contributed by atoms with Gasteiger partial charge in [-0.3, -0.25) is 0 Å². The molecule has 0 saturated carbocycles. The van der Waals surface area contributed by atoms with Crippen molar-refractivity contribution in [1.29, 1.82) is 0 Å². The summed E-state index contributed by atoms with van der Waals surface area (Å²) in [5.74, 6) is 0. The Labute approximate surface area is 235 Å². The second kappa shape index (κ2) is 9.22. The second-order valence-electron chi connectivity index (χ2n) is 10.4. The molecular formula is C40H26. The van der Waals surface area contributed by atoms with Crippen molar-refractivity contribution in [3.05, 3.63) is 191 Å². The van der Waals surface area contributed by atoms with Crippen LogP contribution in [0.25, 0.3) is 44.5 Å². The van der Waals surface area contributed by atoms with Crippen molar-refractivity contribution in [3.8, 4) is 22.3 Å². The molecule has 186 valence electrons.